The largest absolute Gasteiger partial charge is 0.482 e. The van der Waals surface area contributed by atoms with Gasteiger partial charge < -0.3 is 15.4 Å². The topological polar surface area (TPSA) is 50.4 Å². The van der Waals surface area contributed by atoms with E-state index in [1.165, 1.54) is 0 Å². The normalized spacial score (nSPS) is 12.0. The van der Waals surface area contributed by atoms with Crippen LogP contribution in [0.25, 0.3) is 0 Å². The predicted octanol–water partition coefficient (Wildman–Crippen LogP) is 2.21. The molecule has 1 unspecified atom stereocenters. The molecular formula is C12H16BrClN2O2. The number of nitrogens with one attached hydrogen (secondary N) is 2. The minimum Gasteiger partial charge on any atom is -0.482 e. The van der Waals surface area contributed by atoms with E-state index < -0.39 is 0 Å². The van der Waals surface area contributed by atoms with Gasteiger partial charge in [-0.05, 0) is 32.2 Å². The molecule has 0 spiro atoms. The van der Waals surface area contributed by atoms with Gasteiger partial charge in [-0.15, -0.1) is 0 Å². The van der Waals surface area contributed by atoms with Crippen LogP contribution < -0.4 is 15.4 Å². The van der Waals surface area contributed by atoms with Crippen molar-refractivity contribution in [3.63, 3.8) is 0 Å². The molecule has 18 heavy (non-hydrogen) atoms. The molecule has 0 aliphatic heterocycles. The van der Waals surface area contributed by atoms with Gasteiger partial charge in [0.1, 0.15) is 5.75 Å². The molecule has 2 N–H and O–H groups in total. The average Bonchev–Trinajstić information content (AvgIpc) is 2.34. The van der Waals surface area contributed by atoms with E-state index in [0.29, 0.717) is 17.3 Å². The third kappa shape index (κ3) is 5.25. The molecule has 1 rings (SSSR count). The Morgan fingerprint density at radius 3 is 2.89 bits per heavy atom. The number of amides is 1. The number of halogens is 2. The maximum absolute atomic E-state index is 11.5. The van der Waals surface area contributed by atoms with E-state index in [-0.39, 0.29) is 18.6 Å². The SMILES string of the molecule is CNC(C)CNC(=O)COc1ccc(Br)cc1Cl. The van der Waals surface area contributed by atoms with Gasteiger partial charge in [-0.25, -0.2) is 0 Å². The molecule has 0 radical (unpaired) electrons. The van der Waals surface area contributed by atoms with Gasteiger partial charge in [-0.2, -0.15) is 0 Å². The molecule has 100 valence electrons. The minimum atomic E-state index is -0.170. The zero-order valence-electron chi connectivity index (χ0n) is 10.3. The first-order chi connectivity index (χ1) is 8.52. The number of hydrogen-bond donors (Lipinski definition) is 2. The minimum absolute atomic E-state index is 0.0439. The summed E-state index contributed by atoms with van der Waals surface area (Å²) in [6.45, 7) is 2.50. The van der Waals surface area contributed by atoms with Crippen LogP contribution in [0.4, 0.5) is 0 Å². The average molecular weight is 336 g/mol. The van der Waals surface area contributed by atoms with E-state index in [2.05, 4.69) is 26.6 Å². The summed E-state index contributed by atoms with van der Waals surface area (Å²) in [4.78, 5) is 11.5. The summed E-state index contributed by atoms with van der Waals surface area (Å²) in [7, 11) is 1.84. The molecule has 0 heterocycles. The number of carbonyl (C=O) groups excluding carboxylic acids is 1. The first kappa shape index (κ1) is 15.3. The van der Waals surface area contributed by atoms with Gasteiger partial charge in [-0.3, -0.25) is 4.79 Å². The van der Waals surface area contributed by atoms with Crippen molar-refractivity contribution < 1.29 is 9.53 Å². The Balaban J connectivity index is 2.38. The van der Waals surface area contributed by atoms with Crippen molar-refractivity contribution in [1.29, 1.82) is 0 Å². The molecule has 0 aliphatic rings. The fourth-order valence-corrected chi connectivity index (χ4v) is 1.88. The maximum atomic E-state index is 11.5. The van der Waals surface area contributed by atoms with Crippen molar-refractivity contribution in [2.75, 3.05) is 20.2 Å². The molecule has 0 bridgehead atoms. The summed E-state index contributed by atoms with van der Waals surface area (Å²) in [6.07, 6.45) is 0. The van der Waals surface area contributed by atoms with Crippen molar-refractivity contribution in [1.82, 2.24) is 10.6 Å². The van der Waals surface area contributed by atoms with Crippen molar-refractivity contribution in [2.24, 2.45) is 0 Å². The maximum Gasteiger partial charge on any atom is 0.257 e. The van der Waals surface area contributed by atoms with Crippen LogP contribution in [0.1, 0.15) is 6.92 Å². The molecule has 0 saturated carbocycles. The van der Waals surface area contributed by atoms with Crippen molar-refractivity contribution in [3.8, 4) is 5.75 Å². The Kier molecular flexibility index (Phi) is 6.46. The molecular weight excluding hydrogens is 320 g/mol. The standard InChI is InChI=1S/C12H16BrClN2O2/c1-8(15-2)6-16-12(17)7-18-11-4-3-9(13)5-10(11)14/h3-5,8,15H,6-7H2,1-2H3,(H,16,17). The lowest BCUT2D eigenvalue weighted by Crippen LogP contribution is -2.39. The van der Waals surface area contributed by atoms with Crippen LogP contribution in [0.3, 0.4) is 0 Å². The van der Waals surface area contributed by atoms with E-state index in [4.69, 9.17) is 16.3 Å². The third-order valence-electron chi connectivity index (χ3n) is 2.35. The van der Waals surface area contributed by atoms with Crippen LogP contribution in [0, 0.1) is 0 Å². The molecule has 4 nitrogen and oxygen atoms in total. The highest BCUT2D eigenvalue weighted by Crippen LogP contribution is 2.27. The second-order valence-electron chi connectivity index (χ2n) is 3.86. The predicted molar refractivity (Wildman–Crippen MR) is 76.2 cm³/mol. The van der Waals surface area contributed by atoms with E-state index in [1.807, 2.05) is 20.0 Å². The molecule has 0 aromatic heterocycles. The van der Waals surface area contributed by atoms with Crippen LogP contribution in [0.15, 0.2) is 22.7 Å². The number of likely N-dealkylation sites (N-methyl/N-ethyl adjacent to an activating group) is 1. The highest BCUT2D eigenvalue weighted by molar-refractivity contribution is 9.10. The van der Waals surface area contributed by atoms with Crippen LogP contribution in [-0.2, 0) is 4.79 Å². The fourth-order valence-electron chi connectivity index (χ4n) is 1.16. The molecule has 1 aromatic rings. The molecule has 0 fully saturated rings. The van der Waals surface area contributed by atoms with E-state index >= 15 is 0 Å². The van der Waals surface area contributed by atoms with Gasteiger partial charge in [0.05, 0.1) is 5.02 Å². The molecule has 6 heteroatoms. The second-order valence-corrected chi connectivity index (χ2v) is 5.18. The second kappa shape index (κ2) is 7.61. The Morgan fingerprint density at radius 1 is 1.56 bits per heavy atom. The third-order valence-corrected chi connectivity index (χ3v) is 3.14. The lowest BCUT2D eigenvalue weighted by molar-refractivity contribution is -0.123. The molecule has 0 aliphatic carbocycles. The summed E-state index contributed by atoms with van der Waals surface area (Å²) in [5.74, 6) is 0.327. The van der Waals surface area contributed by atoms with Crippen molar-refractivity contribution in [2.45, 2.75) is 13.0 Å². The van der Waals surface area contributed by atoms with Crippen LogP contribution >= 0.6 is 27.5 Å². The number of benzene rings is 1. The summed E-state index contributed by atoms with van der Waals surface area (Å²) in [6, 6.07) is 5.47. The van der Waals surface area contributed by atoms with Gasteiger partial charge in [0, 0.05) is 17.1 Å². The quantitative estimate of drug-likeness (QED) is 0.838. The lowest BCUT2D eigenvalue weighted by Gasteiger charge is -2.12. The molecule has 1 atom stereocenters. The van der Waals surface area contributed by atoms with Gasteiger partial charge in [0.25, 0.3) is 5.91 Å². The lowest BCUT2D eigenvalue weighted by atomic mass is 10.3. The van der Waals surface area contributed by atoms with Crippen LogP contribution in [-0.4, -0.2) is 32.1 Å². The first-order valence-electron chi connectivity index (χ1n) is 5.54. The fraction of sp³-hybridized carbons (Fsp3) is 0.417. The van der Waals surface area contributed by atoms with Gasteiger partial charge >= 0.3 is 0 Å². The van der Waals surface area contributed by atoms with Gasteiger partial charge in [-0.1, -0.05) is 27.5 Å². The smallest absolute Gasteiger partial charge is 0.257 e. The zero-order valence-corrected chi connectivity index (χ0v) is 12.6. The highest BCUT2D eigenvalue weighted by atomic mass is 79.9. The zero-order chi connectivity index (χ0) is 13.5. The van der Waals surface area contributed by atoms with Crippen molar-refractivity contribution >= 4 is 33.4 Å². The van der Waals surface area contributed by atoms with Crippen LogP contribution in [0.5, 0.6) is 5.75 Å². The molecule has 1 aromatic carbocycles. The van der Waals surface area contributed by atoms with Crippen LogP contribution in [0.2, 0.25) is 5.02 Å². The molecule has 1 amide bonds. The summed E-state index contributed by atoms with van der Waals surface area (Å²) in [5, 5.41) is 6.26. The Morgan fingerprint density at radius 2 is 2.28 bits per heavy atom. The number of ether oxygens (including phenoxy) is 1. The summed E-state index contributed by atoms with van der Waals surface area (Å²) < 4.78 is 6.20. The van der Waals surface area contributed by atoms with Gasteiger partial charge in [0.2, 0.25) is 0 Å². The molecule has 0 saturated heterocycles. The Hall–Kier alpha value is -0.780. The number of rotatable bonds is 6. The Labute approximate surface area is 120 Å². The summed E-state index contributed by atoms with van der Waals surface area (Å²) in [5.41, 5.74) is 0. The highest BCUT2D eigenvalue weighted by Gasteiger charge is 2.07. The number of carbonyl (C=O) groups is 1. The van der Waals surface area contributed by atoms with E-state index in [9.17, 15) is 4.79 Å². The van der Waals surface area contributed by atoms with E-state index in [0.717, 1.165) is 4.47 Å². The van der Waals surface area contributed by atoms with Gasteiger partial charge in [0.15, 0.2) is 6.61 Å². The van der Waals surface area contributed by atoms with Crippen molar-refractivity contribution in [3.05, 3.63) is 27.7 Å². The first-order valence-corrected chi connectivity index (χ1v) is 6.72. The summed E-state index contributed by atoms with van der Waals surface area (Å²) >= 11 is 9.27. The number of hydrogen-bond acceptors (Lipinski definition) is 3. The van der Waals surface area contributed by atoms with E-state index in [1.54, 1.807) is 12.1 Å². The Bertz CT molecular complexity index is 415. The monoisotopic (exact) mass is 334 g/mol.